The van der Waals surface area contributed by atoms with Crippen LogP contribution in [-0.4, -0.2) is 238 Å². The second-order valence-corrected chi connectivity index (χ2v) is 20.6. The molecule has 0 bridgehead atoms. The van der Waals surface area contributed by atoms with Crippen LogP contribution in [0.1, 0.15) is 95.8 Å². The molecule has 31 heteroatoms. The minimum atomic E-state index is -5.41. The number of rotatable bonds is 28. The topological polar surface area (TPSA) is 439 Å². The first-order valence-electron chi connectivity index (χ1n) is 26.0. The number of aliphatic hydroxyl groups is 9. The van der Waals surface area contributed by atoms with E-state index in [4.69, 9.17) is 37.9 Å². The normalized spacial score (nSPS) is 34.9. The van der Waals surface area contributed by atoms with Crippen LogP contribution < -0.4 is 55.6 Å². The van der Waals surface area contributed by atoms with Gasteiger partial charge in [-0.3, -0.25) is 23.4 Å². The van der Waals surface area contributed by atoms with E-state index in [1.807, 2.05) is 0 Å². The second-order valence-electron chi connectivity index (χ2n) is 19.6. The fraction of sp³-hybridized carbons (Fsp3) is 0.792. The van der Waals surface area contributed by atoms with Crippen molar-refractivity contribution in [1.29, 1.82) is 0 Å². The van der Waals surface area contributed by atoms with E-state index in [0.717, 1.165) is 46.5 Å². The number of amides is 4. The summed E-state index contributed by atoms with van der Waals surface area (Å²) in [5.74, 6) is -2.84. The number of aliphatic hydroxyl groups excluding tert-OH is 9. The van der Waals surface area contributed by atoms with E-state index in [1.165, 1.54) is 44.2 Å². The Bertz CT molecular complexity index is 2180. The number of carbonyl (C=O) groups is 4. The van der Waals surface area contributed by atoms with E-state index in [9.17, 15) is 78.1 Å². The third kappa shape index (κ3) is 19.6. The van der Waals surface area contributed by atoms with Crippen LogP contribution in [0.25, 0.3) is 0 Å². The Hall–Kier alpha value is -2.87. The Balaban J connectivity index is 0.0000134. The number of nitrogens with one attached hydrogen (secondary N) is 4. The molecule has 20 atom stereocenters. The van der Waals surface area contributed by atoms with Crippen LogP contribution in [0.4, 0.5) is 0 Å². The van der Waals surface area contributed by atoms with Gasteiger partial charge in [0.2, 0.25) is 28.1 Å². The molecule has 4 amide bonds. The van der Waals surface area contributed by atoms with E-state index in [0.29, 0.717) is 12.4 Å². The Morgan fingerprint density at radius 2 is 1.00 bits per heavy atom. The van der Waals surface area contributed by atoms with Crippen molar-refractivity contribution in [3.8, 4) is 5.75 Å². The van der Waals surface area contributed by atoms with Crippen molar-refractivity contribution < 1.29 is 150 Å². The van der Waals surface area contributed by atoms with Gasteiger partial charge in [0, 0.05) is 26.3 Å². The molecule has 0 spiro atoms. The molecule has 4 saturated heterocycles. The maximum atomic E-state index is 13.8. The number of unbranched alkanes of at least 4 members (excludes halogenated alkanes) is 8. The molecule has 4 aliphatic rings. The average Bonchev–Trinajstić information content (AvgIpc) is 3.47. The molecule has 4 fully saturated rings. The molecular formula is C48H77N4NaO25S. The van der Waals surface area contributed by atoms with Crippen LogP contribution in [0.15, 0.2) is 24.3 Å². The maximum absolute atomic E-state index is 13.8. The quantitative estimate of drug-likeness (QED) is 0.0160. The molecule has 0 aromatic heterocycles. The summed E-state index contributed by atoms with van der Waals surface area (Å²) in [5.41, 5.74) is 0.0706. The molecule has 1 aromatic carbocycles. The SMILES string of the molecule is CCCCCCCCCCCOc1cccc(C(=O)N[C@@H]2C(O[C@@H]3C(CO)O[C@@H](OC4C(CO)O[C@@H](O[C@@H]5C(COS(=O)(=O)[O-])OC(O)C(NC(C)=O)C5O)[C@@H](NC(C)=O)[C@H]4O)C(NC(C)=O)C3O)OC(CO)[C@@H](O)[C@@H]2O)c1.[Na+]. The molecule has 0 radical (unpaired) electrons. The van der Waals surface area contributed by atoms with Crippen LogP contribution in [0.3, 0.4) is 0 Å². The Labute approximate surface area is 479 Å². The molecule has 13 N–H and O–H groups in total. The summed E-state index contributed by atoms with van der Waals surface area (Å²) in [4.78, 5) is 51.1. The first-order valence-corrected chi connectivity index (χ1v) is 27.3. The van der Waals surface area contributed by atoms with E-state index >= 15 is 0 Å². The molecule has 4 heterocycles. The van der Waals surface area contributed by atoms with Crippen LogP contribution in [0.2, 0.25) is 0 Å². The fourth-order valence-electron chi connectivity index (χ4n) is 9.64. The Kier molecular flexibility index (Phi) is 28.5. The molecule has 29 nitrogen and oxygen atoms in total. The van der Waals surface area contributed by atoms with Crippen LogP contribution >= 0.6 is 0 Å². The third-order valence-corrected chi connectivity index (χ3v) is 14.0. The smallest absolute Gasteiger partial charge is 0.726 e. The number of carbonyl (C=O) groups excluding carboxylic acids is 4. The number of ether oxygens (including phenoxy) is 8. The molecule has 0 saturated carbocycles. The minimum Gasteiger partial charge on any atom is -0.726 e. The summed E-state index contributed by atoms with van der Waals surface area (Å²) in [6, 6.07) is -0.636. The van der Waals surface area contributed by atoms with Gasteiger partial charge in [0.05, 0.1) is 33.0 Å². The zero-order chi connectivity index (χ0) is 57.4. The predicted octanol–water partition coefficient (Wildman–Crippen LogP) is -7.48. The van der Waals surface area contributed by atoms with Gasteiger partial charge in [-0.2, -0.15) is 0 Å². The predicted molar refractivity (Wildman–Crippen MR) is 262 cm³/mol. The standard InChI is InChI=1S/C48H78N4O25S.Na/c1-5-6-7-8-9-10-11-12-13-17-69-27-16-14-15-26(18-27)44(64)52-33-37(60)36(59)28(19-53)72-46(33)75-41-29(20-54)73-47(34(39(41)62)50-24(3)57)76-42-30(21-55)74-48(35(40(42)63)51-25(4)58)77-43-31(22-70-78(66,67)68)71-45(65)32(38(43)61)49-23(2)56;/h14-16,18,28-43,45-48,53-55,59-63,65H,5-13,17,19-22H2,1-4H3,(H,49,56)(H,50,57)(H,51,58)(H,52,64)(H,66,67,68);/q;+1/p-1/t28?,29?,30?,31?,32?,33-,34?,35-,36+,37+,38?,39?,40+,41+,42?,43+,45?,46?,47-,48-;/m0./s1. The maximum Gasteiger partial charge on any atom is 1.00 e. The third-order valence-electron chi connectivity index (χ3n) is 13.6. The summed E-state index contributed by atoms with van der Waals surface area (Å²) in [5, 5.41) is 109. The molecule has 11 unspecified atom stereocenters. The minimum absolute atomic E-state index is 0. The monoisotopic (exact) mass is 1160 g/mol. The summed E-state index contributed by atoms with van der Waals surface area (Å²) in [6.07, 6.45) is -19.6. The number of benzene rings is 1. The van der Waals surface area contributed by atoms with Crippen molar-refractivity contribution in [3.63, 3.8) is 0 Å². The average molecular weight is 1170 g/mol. The van der Waals surface area contributed by atoms with E-state index in [2.05, 4.69) is 32.4 Å². The molecule has 4 aliphatic heterocycles. The molecule has 79 heavy (non-hydrogen) atoms. The Morgan fingerprint density at radius 1 is 0.570 bits per heavy atom. The second kappa shape index (κ2) is 32.8. The van der Waals surface area contributed by atoms with Crippen molar-refractivity contribution in [1.82, 2.24) is 21.3 Å². The number of hydrogen-bond donors (Lipinski definition) is 13. The van der Waals surface area contributed by atoms with E-state index in [1.54, 1.807) is 12.1 Å². The first-order chi connectivity index (χ1) is 37.0. The van der Waals surface area contributed by atoms with Crippen molar-refractivity contribution in [2.24, 2.45) is 0 Å². The van der Waals surface area contributed by atoms with Gasteiger partial charge < -0.3 is 110 Å². The molecule has 5 rings (SSSR count). The van der Waals surface area contributed by atoms with Crippen LogP contribution in [-0.2, 0) is 62.1 Å². The van der Waals surface area contributed by atoms with Gasteiger partial charge in [-0.25, -0.2) is 8.42 Å². The summed E-state index contributed by atoms with van der Waals surface area (Å²) in [7, 11) is -5.41. The zero-order valence-electron chi connectivity index (χ0n) is 44.7. The Morgan fingerprint density at radius 3 is 1.47 bits per heavy atom. The zero-order valence-corrected chi connectivity index (χ0v) is 47.5. The molecule has 1 aromatic rings. The fourth-order valence-corrected chi connectivity index (χ4v) is 9.94. The molecule has 446 valence electrons. The van der Waals surface area contributed by atoms with Crippen LogP contribution in [0, 0.1) is 0 Å². The van der Waals surface area contributed by atoms with Crippen molar-refractivity contribution in [2.75, 3.05) is 33.0 Å². The van der Waals surface area contributed by atoms with Gasteiger partial charge >= 0.3 is 29.6 Å². The van der Waals surface area contributed by atoms with Gasteiger partial charge in [-0.15, -0.1) is 0 Å². The summed E-state index contributed by atoms with van der Waals surface area (Å²) >= 11 is 0. The van der Waals surface area contributed by atoms with Crippen molar-refractivity contribution in [2.45, 2.75) is 208 Å². The molecular weight excluding hydrogens is 1090 g/mol. The number of hydrogen-bond acceptors (Lipinski definition) is 25. The van der Waals surface area contributed by atoms with Gasteiger partial charge in [0.15, 0.2) is 25.2 Å². The first kappa shape index (κ1) is 68.6. The van der Waals surface area contributed by atoms with Crippen molar-refractivity contribution >= 4 is 34.0 Å². The van der Waals surface area contributed by atoms with Gasteiger partial charge in [0.25, 0.3) is 5.91 Å². The van der Waals surface area contributed by atoms with Gasteiger partial charge in [-0.1, -0.05) is 64.4 Å². The van der Waals surface area contributed by atoms with E-state index in [-0.39, 0.29) is 35.1 Å². The molecule has 0 aliphatic carbocycles. The summed E-state index contributed by atoms with van der Waals surface area (Å²) in [6.45, 7) is 1.58. The summed E-state index contributed by atoms with van der Waals surface area (Å²) < 4.78 is 85.7. The van der Waals surface area contributed by atoms with Crippen molar-refractivity contribution in [3.05, 3.63) is 29.8 Å². The van der Waals surface area contributed by atoms with E-state index < -0.39 is 183 Å². The van der Waals surface area contributed by atoms with Crippen LogP contribution in [0.5, 0.6) is 5.75 Å². The largest absolute Gasteiger partial charge is 1.00 e. The van der Waals surface area contributed by atoms with Gasteiger partial charge in [-0.05, 0) is 24.6 Å². The van der Waals surface area contributed by atoms with Gasteiger partial charge in [0.1, 0.15) is 103 Å².